The Bertz CT molecular complexity index is 487. The van der Waals surface area contributed by atoms with Gasteiger partial charge in [0.25, 0.3) is 0 Å². The fourth-order valence-electron chi connectivity index (χ4n) is 2.76. The number of anilines is 1. The Morgan fingerprint density at radius 3 is 2.67 bits per heavy atom. The van der Waals surface area contributed by atoms with Gasteiger partial charge in [0.2, 0.25) is 11.9 Å². The molecule has 0 saturated carbocycles. The van der Waals surface area contributed by atoms with Crippen molar-refractivity contribution in [2.24, 2.45) is 5.92 Å². The predicted molar refractivity (Wildman–Crippen MR) is 76.3 cm³/mol. The molecule has 3 rings (SSSR count). The summed E-state index contributed by atoms with van der Waals surface area (Å²) < 4.78 is 10.3. The smallest absolute Gasteiger partial charge is 0.227 e. The lowest BCUT2D eigenvalue weighted by Gasteiger charge is -2.29. The highest BCUT2D eigenvalue weighted by molar-refractivity contribution is 5.80. The summed E-state index contributed by atoms with van der Waals surface area (Å²) in [5.74, 6) is 1.56. The lowest BCUT2D eigenvalue weighted by molar-refractivity contribution is -0.138. The molecule has 2 aliphatic rings. The Labute approximate surface area is 123 Å². The zero-order chi connectivity index (χ0) is 14.7. The van der Waals surface area contributed by atoms with Crippen LogP contribution >= 0.6 is 0 Å². The summed E-state index contributed by atoms with van der Waals surface area (Å²) in [7, 11) is 1.59. The number of hydrogen-bond donors (Lipinski definition) is 0. The number of rotatable bonds is 3. The molecule has 1 amide bonds. The van der Waals surface area contributed by atoms with Gasteiger partial charge in [-0.3, -0.25) is 4.79 Å². The van der Waals surface area contributed by atoms with E-state index in [2.05, 4.69) is 14.9 Å². The molecule has 1 aromatic heterocycles. The molecular weight excluding hydrogens is 272 g/mol. The van der Waals surface area contributed by atoms with E-state index in [1.165, 1.54) is 0 Å². The van der Waals surface area contributed by atoms with Gasteiger partial charge >= 0.3 is 0 Å². The van der Waals surface area contributed by atoms with Gasteiger partial charge in [0.05, 0.1) is 38.6 Å². The average Bonchev–Trinajstić information content (AvgIpc) is 3.05. The van der Waals surface area contributed by atoms with Crippen molar-refractivity contribution in [2.75, 3.05) is 51.4 Å². The molecular formula is C14H20N4O3. The molecule has 0 aromatic carbocycles. The summed E-state index contributed by atoms with van der Waals surface area (Å²) in [6.45, 7) is 4.19. The van der Waals surface area contributed by atoms with Gasteiger partial charge in [-0.2, -0.15) is 0 Å². The van der Waals surface area contributed by atoms with E-state index in [1.54, 1.807) is 19.5 Å². The first kappa shape index (κ1) is 14.1. The van der Waals surface area contributed by atoms with Gasteiger partial charge in [0.15, 0.2) is 5.75 Å². The quantitative estimate of drug-likeness (QED) is 0.791. The highest BCUT2D eigenvalue weighted by Crippen LogP contribution is 2.23. The molecule has 7 heteroatoms. The number of carbonyl (C=O) groups is 1. The van der Waals surface area contributed by atoms with Crippen molar-refractivity contribution in [3.05, 3.63) is 12.4 Å². The molecule has 3 heterocycles. The van der Waals surface area contributed by atoms with Gasteiger partial charge in [-0.1, -0.05) is 0 Å². The van der Waals surface area contributed by atoms with Crippen molar-refractivity contribution < 1.29 is 14.3 Å². The first-order valence-electron chi connectivity index (χ1n) is 7.25. The maximum absolute atomic E-state index is 12.5. The number of carbonyl (C=O) groups excluding carboxylic acids is 1. The van der Waals surface area contributed by atoms with Gasteiger partial charge in [0.1, 0.15) is 0 Å². The number of hydrogen-bond acceptors (Lipinski definition) is 6. The maximum atomic E-state index is 12.5. The number of ether oxygens (including phenoxy) is 2. The molecule has 0 aliphatic carbocycles. The summed E-state index contributed by atoms with van der Waals surface area (Å²) in [5, 5.41) is 0. The molecule has 2 fully saturated rings. The van der Waals surface area contributed by atoms with Crippen molar-refractivity contribution in [3.63, 3.8) is 0 Å². The molecule has 2 aliphatic heterocycles. The number of aromatic nitrogens is 2. The van der Waals surface area contributed by atoms with Gasteiger partial charge in [-0.15, -0.1) is 0 Å². The van der Waals surface area contributed by atoms with Crippen molar-refractivity contribution >= 4 is 11.9 Å². The Hall–Kier alpha value is -1.89. The van der Waals surface area contributed by atoms with Crippen LogP contribution < -0.4 is 9.64 Å². The van der Waals surface area contributed by atoms with E-state index in [9.17, 15) is 4.79 Å². The zero-order valence-electron chi connectivity index (χ0n) is 12.2. The Balaban J connectivity index is 1.60. The second kappa shape index (κ2) is 6.26. The number of nitrogens with zero attached hydrogens (tertiary/aromatic N) is 4. The van der Waals surface area contributed by atoms with E-state index in [0.717, 1.165) is 13.0 Å². The Kier molecular flexibility index (Phi) is 4.19. The first-order valence-corrected chi connectivity index (χ1v) is 7.25. The van der Waals surface area contributed by atoms with Crippen LogP contribution in [0.15, 0.2) is 12.4 Å². The Morgan fingerprint density at radius 1 is 1.29 bits per heavy atom. The summed E-state index contributed by atoms with van der Waals surface area (Å²) in [6.07, 6.45) is 4.16. The second-order valence-corrected chi connectivity index (χ2v) is 5.29. The van der Waals surface area contributed by atoms with Crippen LogP contribution in [0, 0.1) is 5.92 Å². The third kappa shape index (κ3) is 3.07. The third-order valence-electron chi connectivity index (χ3n) is 3.99. The minimum atomic E-state index is 0.0359. The van der Waals surface area contributed by atoms with E-state index in [1.807, 2.05) is 4.90 Å². The molecule has 0 bridgehead atoms. The lowest BCUT2D eigenvalue weighted by Crippen LogP contribution is -2.44. The first-order chi connectivity index (χ1) is 10.3. The van der Waals surface area contributed by atoms with Crippen LogP contribution in [-0.2, 0) is 9.53 Å². The SMILES string of the molecule is COc1cnc(N2CCC(C(=O)N3CCOCC3)C2)nc1. The minimum Gasteiger partial charge on any atom is -0.494 e. The maximum Gasteiger partial charge on any atom is 0.227 e. The van der Waals surface area contributed by atoms with Crippen LogP contribution in [0.2, 0.25) is 0 Å². The highest BCUT2D eigenvalue weighted by atomic mass is 16.5. The largest absolute Gasteiger partial charge is 0.494 e. The number of morpholine rings is 1. The minimum absolute atomic E-state index is 0.0359. The zero-order valence-corrected chi connectivity index (χ0v) is 12.2. The van der Waals surface area contributed by atoms with Crippen molar-refractivity contribution in [1.82, 2.24) is 14.9 Å². The van der Waals surface area contributed by atoms with Crippen LogP contribution in [-0.4, -0.2) is 67.3 Å². The summed E-state index contributed by atoms with van der Waals surface area (Å²) in [6, 6.07) is 0. The van der Waals surface area contributed by atoms with Crippen molar-refractivity contribution in [1.29, 1.82) is 0 Å². The van der Waals surface area contributed by atoms with Gasteiger partial charge in [-0.25, -0.2) is 9.97 Å². The molecule has 0 radical (unpaired) electrons. The topological polar surface area (TPSA) is 67.8 Å². The van der Waals surface area contributed by atoms with Crippen LogP contribution in [0.3, 0.4) is 0 Å². The van der Waals surface area contributed by atoms with Crippen LogP contribution in [0.1, 0.15) is 6.42 Å². The van der Waals surface area contributed by atoms with Crippen LogP contribution in [0.25, 0.3) is 0 Å². The molecule has 1 atom stereocenters. The molecule has 1 aromatic rings. The molecule has 7 nitrogen and oxygen atoms in total. The third-order valence-corrected chi connectivity index (χ3v) is 3.99. The summed E-state index contributed by atoms with van der Waals surface area (Å²) >= 11 is 0. The van der Waals surface area contributed by atoms with Gasteiger partial charge in [-0.05, 0) is 6.42 Å². The van der Waals surface area contributed by atoms with Gasteiger partial charge in [0, 0.05) is 26.2 Å². The molecule has 114 valence electrons. The molecule has 21 heavy (non-hydrogen) atoms. The summed E-state index contributed by atoms with van der Waals surface area (Å²) in [5.41, 5.74) is 0. The standard InChI is InChI=1S/C14H20N4O3/c1-20-12-8-15-14(16-9-12)18-3-2-11(10-18)13(19)17-4-6-21-7-5-17/h8-9,11H,2-7,10H2,1H3. The van der Waals surface area contributed by atoms with E-state index in [0.29, 0.717) is 44.5 Å². The fourth-order valence-corrected chi connectivity index (χ4v) is 2.76. The van der Waals surface area contributed by atoms with Gasteiger partial charge < -0.3 is 19.3 Å². The van der Waals surface area contributed by atoms with E-state index in [4.69, 9.17) is 9.47 Å². The van der Waals surface area contributed by atoms with Crippen molar-refractivity contribution in [2.45, 2.75) is 6.42 Å². The molecule has 1 unspecified atom stereocenters. The molecule has 2 saturated heterocycles. The normalized spacial score (nSPS) is 22.4. The monoisotopic (exact) mass is 292 g/mol. The molecule has 0 N–H and O–H groups in total. The van der Waals surface area contributed by atoms with E-state index >= 15 is 0 Å². The number of amides is 1. The van der Waals surface area contributed by atoms with Crippen LogP contribution in [0.5, 0.6) is 5.75 Å². The highest BCUT2D eigenvalue weighted by Gasteiger charge is 2.33. The predicted octanol–water partition coefficient (Wildman–Crippen LogP) is 0.170. The average molecular weight is 292 g/mol. The fraction of sp³-hybridized carbons (Fsp3) is 0.643. The summed E-state index contributed by atoms with van der Waals surface area (Å²) in [4.78, 5) is 25.0. The lowest BCUT2D eigenvalue weighted by atomic mass is 10.1. The van der Waals surface area contributed by atoms with Crippen molar-refractivity contribution in [3.8, 4) is 5.75 Å². The van der Waals surface area contributed by atoms with Crippen LogP contribution in [0.4, 0.5) is 5.95 Å². The number of methoxy groups -OCH3 is 1. The second-order valence-electron chi connectivity index (χ2n) is 5.29. The Morgan fingerprint density at radius 2 is 2.00 bits per heavy atom. The van der Waals surface area contributed by atoms with E-state index in [-0.39, 0.29) is 11.8 Å². The molecule has 0 spiro atoms. The van der Waals surface area contributed by atoms with E-state index < -0.39 is 0 Å².